The molecule has 1 fully saturated rings. The lowest BCUT2D eigenvalue weighted by Gasteiger charge is -2.31. The number of nitrogens with zero attached hydrogens (tertiary/aromatic N) is 1. The minimum absolute atomic E-state index is 0.0121. The molecule has 142 valence electrons. The van der Waals surface area contributed by atoms with Crippen molar-refractivity contribution in [2.45, 2.75) is 19.8 Å². The van der Waals surface area contributed by atoms with Gasteiger partial charge in [0.2, 0.25) is 5.91 Å². The number of likely N-dealkylation sites (tertiary alicyclic amines) is 1. The van der Waals surface area contributed by atoms with Gasteiger partial charge in [-0.15, -0.1) is 0 Å². The molecule has 0 aliphatic carbocycles. The molecule has 5 nitrogen and oxygen atoms in total. The van der Waals surface area contributed by atoms with Crippen molar-refractivity contribution in [3.8, 4) is 5.75 Å². The van der Waals surface area contributed by atoms with Crippen molar-refractivity contribution in [1.82, 2.24) is 4.90 Å². The molecule has 0 saturated carbocycles. The van der Waals surface area contributed by atoms with Crippen molar-refractivity contribution < 1.29 is 14.3 Å². The second-order valence-electron chi connectivity index (χ2n) is 6.76. The van der Waals surface area contributed by atoms with Crippen molar-refractivity contribution in [3.63, 3.8) is 0 Å². The summed E-state index contributed by atoms with van der Waals surface area (Å²) in [5, 5.41) is 3.59. The van der Waals surface area contributed by atoms with E-state index in [-0.39, 0.29) is 24.3 Å². The Labute approximate surface area is 164 Å². The van der Waals surface area contributed by atoms with Gasteiger partial charge in [-0.3, -0.25) is 9.59 Å². The summed E-state index contributed by atoms with van der Waals surface area (Å²) in [6.07, 6.45) is 1.31. The van der Waals surface area contributed by atoms with Gasteiger partial charge in [-0.25, -0.2) is 0 Å². The van der Waals surface area contributed by atoms with Gasteiger partial charge in [-0.05, 0) is 61.7 Å². The Hall–Kier alpha value is -2.53. The van der Waals surface area contributed by atoms with Crippen LogP contribution in [0.4, 0.5) is 5.69 Å². The topological polar surface area (TPSA) is 58.6 Å². The lowest BCUT2D eigenvalue weighted by molar-refractivity contribution is -0.136. The van der Waals surface area contributed by atoms with Crippen LogP contribution < -0.4 is 10.1 Å². The Morgan fingerprint density at radius 2 is 1.85 bits per heavy atom. The van der Waals surface area contributed by atoms with Gasteiger partial charge in [-0.2, -0.15) is 0 Å². The molecule has 1 N–H and O–H groups in total. The maximum Gasteiger partial charge on any atom is 0.260 e. The molecule has 6 heteroatoms. The number of carbonyl (C=O) groups excluding carboxylic acids is 2. The first-order valence-corrected chi connectivity index (χ1v) is 9.43. The summed E-state index contributed by atoms with van der Waals surface area (Å²) >= 11 is 5.83. The van der Waals surface area contributed by atoms with E-state index in [1.165, 1.54) is 0 Å². The maximum absolute atomic E-state index is 12.4. The molecule has 27 heavy (non-hydrogen) atoms. The molecule has 1 aliphatic heterocycles. The number of carbonyl (C=O) groups is 2. The largest absolute Gasteiger partial charge is 0.484 e. The fraction of sp³-hybridized carbons (Fsp3) is 0.333. The van der Waals surface area contributed by atoms with E-state index in [0.29, 0.717) is 36.7 Å². The van der Waals surface area contributed by atoms with E-state index in [4.69, 9.17) is 16.3 Å². The van der Waals surface area contributed by atoms with E-state index in [1.807, 2.05) is 31.2 Å². The number of piperidine rings is 1. The van der Waals surface area contributed by atoms with Gasteiger partial charge < -0.3 is 15.0 Å². The van der Waals surface area contributed by atoms with Crippen molar-refractivity contribution >= 4 is 29.1 Å². The predicted molar refractivity (Wildman–Crippen MR) is 106 cm³/mol. The molecule has 2 aromatic carbocycles. The number of nitrogens with one attached hydrogen (secondary N) is 1. The Bertz CT molecular complexity index is 799. The van der Waals surface area contributed by atoms with E-state index < -0.39 is 0 Å². The summed E-state index contributed by atoms with van der Waals surface area (Å²) in [5.41, 5.74) is 1.92. The van der Waals surface area contributed by atoms with E-state index in [0.717, 1.165) is 11.3 Å². The Balaban J connectivity index is 1.44. The molecule has 1 aliphatic rings. The number of aryl methyl sites for hydroxylation is 1. The molecule has 0 radical (unpaired) electrons. The van der Waals surface area contributed by atoms with Gasteiger partial charge >= 0.3 is 0 Å². The predicted octanol–water partition coefficient (Wildman–Crippen LogP) is 3.90. The third-order valence-electron chi connectivity index (χ3n) is 4.68. The van der Waals surface area contributed by atoms with Crippen LogP contribution in [0.3, 0.4) is 0 Å². The zero-order valence-corrected chi connectivity index (χ0v) is 16.0. The summed E-state index contributed by atoms with van der Waals surface area (Å²) in [6, 6.07) is 14.7. The van der Waals surface area contributed by atoms with Gasteiger partial charge in [-0.1, -0.05) is 23.7 Å². The highest BCUT2D eigenvalue weighted by Crippen LogP contribution is 2.21. The SMILES string of the molecule is Cc1cccc(NC(=O)C2CCN(C(=O)COc3ccc(Cl)cc3)CC2)c1. The third kappa shape index (κ3) is 5.47. The zero-order valence-electron chi connectivity index (χ0n) is 15.3. The highest BCUT2D eigenvalue weighted by Gasteiger charge is 2.27. The normalized spacial score (nSPS) is 14.7. The lowest BCUT2D eigenvalue weighted by atomic mass is 9.95. The quantitative estimate of drug-likeness (QED) is 0.847. The van der Waals surface area contributed by atoms with Crippen LogP contribution >= 0.6 is 11.6 Å². The lowest BCUT2D eigenvalue weighted by Crippen LogP contribution is -2.43. The molecule has 0 unspecified atom stereocenters. The molecule has 1 heterocycles. The summed E-state index contributed by atoms with van der Waals surface area (Å²) in [4.78, 5) is 26.5. The van der Waals surface area contributed by atoms with Gasteiger partial charge in [0.15, 0.2) is 6.61 Å². The molecular weight excluding hydrogens is 364 g/mol. The van der Waals surface area contributed by atoms with Gasteiger partial charge in [0.25, 0.3) is 5.91 Å². The molecule has 2 amide bonds. The third-order valence-corrected chi connectivity index (χ3v) is 4.93. The minimum atomic E-state index is -0.0771. The summed E-state index contributed by atoms with van der Waals surface area (Å²) in [6.45, 7) is 3.11. The average molecular weight is 387 g/mol. The maximum atomic E-state index is 12.4. The number of amides is 2. The molecular formula is C21H23ClN2O3. The van der Waals surface area contributed by atoms with Crippen LogP contribution in [0.15, 0.2) is 48.5 Å². The first-order chi connectivity index (χ1) is 13.0. The minimum Gasteiger partial charge on any atom is -0.484 e. The zero-order chi connectivity index (χ0) is 19.2. The van der Waals surface area contributed by atoms with Crippen molar-refractivity contribution in [2.24, 2.45) is 5.92 Å². The number of benzene rings is 2. The molecule has 2 aromatic rings. The second kappa shape index (κ2) is 8.91. The molecule has 0 bridgehead atoms. The monoisotopic (exact) mass is 386 g/mol. The van der Waals surface area contributed by atoms with E-state index in [1.54, 1.807) is 29.2 Å². The van der Waals surface area contributed by atoms with Crippen molar-refractivity contribution in [3.05, 3.63) is 59.1 Å². The first kappa shape index (κ1) is 19.2. The fourth-order valence-electron chi connectivity index (χ4n) is 3.13. The highest BCUT2D eigenvalue weighted by molar-refractivity contribution is 6.30. The molecule has 3 rings (SSSR count). The second-order valence-corrected chi connectivity index (χ2v) is 7.19. The molecule has 1 saturated heterocycles. The van der Waals surface area contributed by atoms with E-state index >= 15 is 0 Å². The van der Waals surface area contributed by atoms with Gasteiger partial charge in [0, 0.05) is 29.7 Å². The van der Waals surface area contributed by atoms with Crippen LogP contribution in [0.2, 0.25) is 5.02 Å². The van der Waals surface area contributed by atoms with Crippen LogP contribution in [0.25, 0.3) is 0 Å². The summed E-state index contributed by atoms with van der Waals surface area (Å²) in [7, 11) is 0. The number of rotatable bonds is 5. The Morgan fingerprint density at radius 3 is 2.52 bits per heavy atom. The number of halogens is 1. The van der Waals surface area contributed by atoms with Crippen LogP contribution in [-0.2, 0) is 9.59 Å². The summed E-state index contributed by atoms with van der Waals surface area (Å²) < 4.78 is 5.51. The summed E-state index contributed by atoms with van der Waals surface area (Å²) in [5.74, 6) is 0.486. The van der Waals surface area contributed by atoms with Gasteiger partial charge in [0.05, 0.1) is 0 Å². The van der Waals surface area contributed by atoms with Gasteiger partial charge in [0.1, 0.15) is 5.75 Å². The van der Waals surface area contributed by atoms with Crippen molar-refractivity contribution in [1.29, 1.82) is 0 Å². The van der Waals surface area contributed by atoms with E-state index in [2.05, 4.69) is 5.32 Å². The highest BCUT2D eigenvalue weighted by atomic mass is 35.5. The molecule has 0 spiro atoms. The average Bonchev–Trinajstić information content (AvgIpc) is 2.67. The van der Waals surface area contributed by atoms with Crippen LogP contribution in [-0.4, -0.2) is 36.4 Å². The molecule has 0 atom stereocenters. The Morgan fingerprint density at radius 1 is 1.15 bits per heavy atom. The van der Waals surface area contributed by atoms with Crippen molar-refractivity contribution in [2.75, 3.05) is 25.0 Å². The standard InChI is InChI=1S/C21H23ClN2O3/c1-15-3-2-4-18(13-15)23-21(26)16-9-11-24(12-10-16)20(25)14-27-19-7-5-17(22)6-8-19/h2-8,13,16H,9-12,14H2,1H3,(H,23,26). The van der Waals surface area contributed by atoms with E-state index in [9.17, 15) is 9.59 Å². The fourth-order valence-corrected chi connectivity index (χ4v) is 3.25. The smallest absolute Gasteiger partial charge is 0.260 e. The Kier molecular flexibility index (Phi) is 6.35. The number of hydrogen-bond donors (Lipinski definition) is 1. The van der Waals surface area contributed by atoms with Crippen LogP contribution in [0, 0.1) is 12.8 Å². The first-order valence-electron chi connectivity index (χ1n) is 9.05. The number of ether oxygens (including phenoxy) is 1. The van der Waals surface area contributed by atoms with Crippen LogP contribution in [0.1, 0.15) is 18.4 Å². The number of anilines is 1. The number of hydrogen-bond acceptors (Lipinski definition) is 3. The molecule has 0 aromatic heterocycles. The van der Waals surface area contributed by atoms with Crippen LogP contribution in [0.5, 0.6) is 5.75 Å².